The number of nitrogens with one attached hydrogen (secondary N) is 2. The Balaban J connectivity index is 1.45. The summed E-state index contributed by atoms with van der Waals surface area (Å²) in [6.07, 6.45) is 3.87. The van der Waals surface area contributed by atoms with Gasteiger partial charge in [0, 0.05) is 24.9 Å². The van der Waals surface area contributed by atoms with Gasteiger partial charge in [-0.3, -0.25) is 9.89 Å². The van der Waals surface area contributed by atoms with Crippen molar-refractivity contribution in [1.29, 1.82) is 0 Å². The van der Waals surface area contributed by atoms with Crippen molar-refractivity contribution < 1.29 is 13.2 Å². The van der Waals surface area contributed by atoms with Crippen molar-refractivity contribution in [3.63, 3.8) is 0 Å². The third-order valence-corrected chi connectivity index (χ3v) is 7.12. The lowest BCUT2D eigenvalue weighted by Crippen LogP contribution is -2.38. The molecule has 1 aromatic heterocycles. The molecule has 8 nitrogen and oxygen atoms in total. The van der Waals surface area contributed by atoms with Gasteiger partial charge < -0.3 is 4.90 Å². The first-order valence-electron chi connectivity index (χ1n) is 9.33. The van der Waals surface area contributed by atoms with Crippen molar-refractivity contribution >= 4 is 27.5 Å². The van der Waals surface area contributed by atoms with Crippen LogP contribution in [0.1, 0.15) is 59.5 Å². The molecule has 28 heavy (non-hydrogen) atoms. The molecule has 2 N–H and O–H groups in total. The number of amides is 1. The number of benzene rings is 1. The zero-order valence-corrected chi connectivity index (χ0v) is 17.1. The minimum absolute atomic E-state index is 0.0203. The van der Waals surface area contributed by atoms with Crippen LogP contribution in [0.3, 0.4) is 0 Å². The maximum Gasteiger partial charge on any atom is 0.255 e. The summed E-state index contributed by atoms with van der Waals surface area (Å²) in [5, 5.41) is 7.61. The van der Waals surface area contributed by atoms with E-state index in [0.717, 1.165) is 37.3 Å². The normalized spacial score (nSPS) is 18.4. The molecule has 2 heterocycles. The van der Waals surface area contributed by atoms with E-state index < -0.39 is 10.0 Å². The van der Waals surface area contributed by atoms with Gasteiger partial charge in [-0.05, 0) is 50.9 Å². The van der Waals surface area contributed by atoms with Crippen LogP contribution in [0.2, 0.25) is 5.02 Å². The number of hydrogen-bond donors (Lipinski definition) is 2. The number of hydrogen-bond acceptors (Lipinski definition) is 5. The zero-order valence-electron chi connectivity index (χ0n) is 15.5. The van der Waals surface area contributed by atoms with Crippen LogP contribution in [0, 0.1) is 0 Å². The lowest BCUT2D eigenvalue weighted by Gasteiger charge is -2.31. The Morgan fingerprint density at radius 3 is 2.57 bits per heavy atom. The first kappa shape index (κ1) is 19.4. The van der Waals surface area contributed by atoms with Gasteiger partial charge in [0.25, 0.3) is 5.91 Å². The van der Waals surface area contributed by atoms with E-state index in [-0.39, 0.29) is 27.3 Å². The van der Waals surface area contributed by atoms with Gasteiger partial charge >= 0.3 is 0 Å². The van der Waals surface area contributed by atoms with E-state index >= 15 is 0 Å². The summed E-state index contributed by atoms with van der Waals surface area (Å²) in [6, 6.07) is 4.17. The molecule has 0 radical (unpaired) electrons. The quantitative estimate of drug-likeness (QED) is 0.766. The fourth-order valence-corrected chi connectivity index (χ4v) is 4.43. The predicted molar refractivity (Wildman–Crippen MR) is 104 cm³/mol. The molecule has 2 fully saturated rings. The number of nitrogens with zero attached hydrogens (tertiary/aromatic N) is 3. The van der Waals surface area contributed by atoms with Gasteiger partial charge in [0.2, 0.25) is 10.0 Å². The third-order valence-electron chi connectivity index (χ3n) is 5.38. The van der Waals surface area contributed by atoms with Crippen LogP contribution >= 0.6 is 11.6 Å². The predicted octanol–water partition coefficient (Wildman–Crippen LogP) is 2.26. The molecule has 4 rings (SSSR count). The summed E-state index contributed by atoms with van der Waals surface area (Å²) in [5.41, 5.74) is 0.201. The van der Waals surface area contributed by atoms with Crippen LogP contribution in [0.25, 0.3) is 0 Å². The van der Waals surface area contributed by atoms with Crippen LogP contribution < -0.4 is 4.72 Å². The zero-order chi connectivity index (χ0) is 19.9. The van der Waals surface area contributed by atoms with Crippen LogP contribution in [-0.4, -0.2) is 54.5 Å². The first-order valence-corrected chi connectivity index (χ1v) is 11.2. The first-order chi connectivity index (χ1) is 13.4. The number of carbonyl (C=O) groups excluding carboxylic acids is 1. The molecule has 1 aromatic carbocycles. The highest BCUT2D eigenvalue weighted by Gasteiger charge is 2.31. The molecule has 0 unspecified atom stereocenters. The Morgan fingerprint density at radius 2 is 1.93 bits per heavy atom. The van der Waals surface area contributed by atoms with E-state index in [0.29, 0.717) is 19.0 Å². The highest BCUT2D eigenvalue weighted by molar-refractivity contribution is 7.89. The number of rotatable bonds is 5. The Kier molecular flexibility index (Phi) is 5.15. The van der Waals surface area contributed by atoms with E-state index in [1.165, 1.54) is 25.2 Å². The highest BCUT2D eigenvalue weighted by Crippen LogP contribution is 2.38. The number of likely N-dealkylation sites (tertiary alicyclic amines) is 1. The van der Waals surface area contributed by atoms with Crippen molar-refractivity contribution in [2.24, 2.45) is 0 Å². The van der Waals surface area contributed by atoms with Crippen molar-refractivity contribution in [1.82, 2.24) is 24.8 Å². The molecule has 10 heteroatoms. The fourth-order valence-electron chi connectivity index (χ4n) is 3.47. The van der Waals surface area contributed by atoms with Gasteiger partial charge in [0.15, 0.2) is 5.82 Å². The maximum atomic E-state index is 12.9. The average Bonchev–Trinajstić information content (AvgIpc) is 3.44. The summed E-state index contributed by atoms with van der Waals surface area (Å²) in [6.45, 7) is 1.12. The number of sulfonamides is 1. The van der Waals surface area contributed by atoms with E-state index in [1.54, 1.807) is 4.90 Å². The van der Waals surface area contributed by atoms with Gasteiger partial charge in [-0.15, -0.1) is 0 Å². The molecule has 1 amide bonds. The largest absolute Gasteiger partial charge is 0.339 e. The van der Waals surface area contributed by atoms with Crippen LogP contribution in [0.15, 0.2) is 23.1 Å². The van der Waals surface area contributed by atoms with Gasteiger partial charge in [0.05, 0.1) is 15.5 Å². The average molecular weight is 424 g/mol. The summed E-state index contributed by atoms with van der Waals surface area (Å²) < 4.78 is 26.3. The van der Waals surface area contributed by atoms with Crippen molar-refractivity contribution in [3.8, 4) is 0 Å². The molecule has 0 spiro atoms. The highest BCUT2D eigenvalue weighted by atomic mass is 35.5. The van der Waals surface area contributed by atoms with Crippen LogP contribution in [0.4, 0.5) is 0 Å². The third kappa shape index (κ3) is 3.78. The molecule has 2 aliphatic rings. The smallest absolute Gasteiger partial charge is 0.255 e. The lowest BCUT2D eigenvalue weighted by molar-refractivity contribution is 0.0711. The molecule has 0 bridgehead atoms. The molecular weight excluding hydrogens is 402 g/mol. The van der Waals surface area contributed by atoms with E-state index in [1.807, 2.05) is 0 Å². The summed E-state index contributed by atoms with van der Waals surface area (Å²) in [7, 11) is -2.32. The Hall–Kier alpha value is -1.97. The van der Waals surface area contributed by atoms with Gasteiger partial charge in [0.1, 0.15) is 5.82 Å². The van der Waals surface area contributed by atoms with E-state index in [2.05, 4.69) is 19.9 Å². The SMILES string of the molecule is CNS(=O)(=O)c1ccc(Cl)c(C(=O)N2CCC(c3nc(C4CC4)n[nH]3)CC2)c1. The van der Waals surface area contributed by atoms with Crippen molar-refractivity contribution in [2.75, 3.05) is 20.1 Å². The number of H-pyrrole nitrogens is 1. The molecular formula is C18H22ClN5O3S. The summed E-state index contributed by atoms with van der Waals surface area (Å²) in [5.74, 6) is 2.30. The van der Waals surface area contributed by atoms with Crippen molar-refractivity contribution in [2.45, 2.75) is 42.4 Å². The number of halogens is 1. The number of piperidine rings is 1. The summed E-state index contributed by atoms with van der Waals surface area (Å²) >= 11 is 6.18. The standard InChI is InChI=1S/C18H22ClN5O3S/c1-20-28(26,27)13-4-5-15(19)14(10-13)18(25)24-8-6-12(7-9-24)17-21-16(22-23-17)11-2-3-11/h4-5,10-12,20H,2-3,6-9H2,1H3,(H,21,22,23). The lowest BCUT2D eigenvalue weighted by atomic mass is 9.95. The van der Waals surface area contributed by atoms with Gasteiger partial charge in [-0.1, -0.05) is 11.6 Å². The number of carbonyl (C=O) groups is 1. The molecule has 1 saturated heterocycles. The maximum absolute atomic E-state index is 12.9. The second-order valence-corrected chi connectivity index (χ2v) is 9.56. The van der Waals surface area contributed by atoms with Gasteiger partial charge in [-0.2, -0.15) is 5.10 Å². The van der Waals surface area contributed by atoms with Crippen molar-refractivity contribution in [3.05, 3.63) is 40.4 Å². The molecule has 2 aromatic rings. The topological polar surface area (TPSA) is 108 Å². The second kappa shape index (κ2) is 7.46. The Morgan fingerprint density at radius 1 is 1.21 bits per heavy atom. The minimum Gasteiger partial charge on any atom is -0.339 e. The molecule has 0 atom stereocenters. The van der Waals surface area contributed by atoms with Crippen LogP contribution in [-0.2, 0) is 10.0 Å². The van der Waals surface area contributed by atoms with E-state index in [9.17, 15) is 13.2 Å². The summed E-state index contributed by atoms with van der Waals surface area (Å²) in [4.78, 5) is 19.3. The Labute approximate surface area is 168 Å². The Bertz CT molecular complexity index is 994. The minimum atomic E-state index is -3.64. The monoisotopic (exact) mass is 423 g/mol. The van der Waals surface area contributed by atoms with Crippen LogP contribution in [0.5, 0.6) is 0 Å². The second-order valence-electron chi connectivity index (χ2n) is 7.27. The molecule has 150 valence electrons. The van der Waals surface area contributed by atoms with Gasteiger partial charge in [-0.25, -0.2) is 18.1 Å². The molecule has 1 aliphatic heterocycles. The fraction of sp³-hybridized carbons (Fsp3) is 0.500. The number of aromatic amines is 1. The number of aromatic nitrogens is 3. The molecule has 1 saturated carbocycles. The van der Waals surface area contributed by atoms with E-state index in [4.69, 9.17) is 11.6 Å². The molecule has 1 aliphatic carbocycles.